The van der Waals surface area contributed by atoms with Crippen molar-refractivity contribution in [1.82, 2.24) is 0 Å². The monoisotopic (exact) mass is 355 g/mol. The third-order valence-electron chi connectivity index (χ3n) is 3.37. The number of phenolic OH excluding ortho intramolecular Hbond substituents is 1. The highest BCUT2D eigenvalue weighted by atomic mass is 79.9. The molecule has 0 atom stereocenters. The third-order valence-corrected chi connectivity index (χ3v) is 3.87. The molecule has 0 amide bonds. The number of aromatic hydroxyl groups is 1. The second kappa shape index (κ2) is 6.15. The Hall–Kier alpha value is -2.40. The first-order chi connectivity index (χ1) is 10.7. The van der Waals surface area contributed by atoms with Gasteiger partial charge in [0.25, 0.3) is 0 Å². The minimum absolute atomic E-state index is 0.162. The van der Waals surface area contributed by atoms with Crippen LogP contribution >= 0.6 is 15.9 Å². The lowest BCUT2D eigenvalue weighted by molar-refractivity contribution is 0.478. The van der Waals surface area contributed by atoms with Gasteiger partial charge in [-0.15, -0.1) is 0 Å². The van der Waals surface area contributed by atoms with Gasteiger partial charge in [-0.3, -0.25) is 10.4 Å². The fourth-order valence-corrected chi connectivity index (χ4v) is 2.61. The van der Waals surface area contributed by atoms with E-state index in [4.69, 9.17) is 0 Å². The second-order valence-electron chi connectivity index (χ2n) is 4.76. The van der Waals surface area contributed by atoms with E-state index in [0.29, 0.717) is 11.4 Å². The van der Waals surface area contributed by atoms with Crippen LogP contribution in [0, 0.1) is 0 Å². The molecule has 0 saturated carbocycles. The molecule has 3 rings (SSSR count). The van der Waals surface area contributed by atoms with Gasteiger partial charge in [-0.05, 0) is 29.7 Å². The number of anilines is 1. The fourth-order valence-electron chi connectivity index (χ4n) is 2.26. The summed E-state index contributed by atoms with van der Waals surface area (Å²) in [7, 11) is 1.72. The summed E-state index contributed by atoms with van der Waals surface area (Å²) in [5, 5.41) is 16.4. The van der Waals surface area contributed by atoms with Gasteiger partial charge in [0.1, 0.15) is 17.1 Å². The molecule has 0 aromatic heterocycles. The van der Waals surface area contributed by atoms with Crippen molar-refractivity contribution in [2.24, 2.45) is 10.1 Å². The molecule has 0 heterocycles. The molecular weight excluding hydrogens is 342 g/mol. The lowest BCUT2D eigenvalue weighted by Gasteiger charge is -2.11. The second-order valence-corrected chi connectivity index (χ2v) is 5.68. The largest absolute Gasteiger partial charge is 0.506 e. The Morgan fingerprint density at radius 2 is 1.86 bits per heavy atom. The minimum atomic E-state index is 0.162. The molecule has 0 bridgehead atoms. The van der Waals surface area contributed by atoms with E-state index in [-0.39, 0.29) is 5.75 Å². The number of nitrogens with one attached hydrogen (secondary N) is 1. The minimum Gasteiger partial charge on any atom is -0.506 e. The molecule has 110 valence electrons. The molecule has 0 spiro atoms. The lowest BCUT2D eigenvalue weighted by Crippen LogP contribution is -2.14. The molecule has 1 aliphatic carbocycles. The van der Waals surface area contributed by atoms with Gasteiger partial charge < -0.3 is 5.11 Å². The Morgan fingerprint density at radius 3 is 2.68 bits per heavy atom. The average molecular weight is 356 g/mol. The molecule has 0 unspecified atom stereocenters. The van der Waals surface area contributed by atoms with Crippen LogP contribution < -0.4 is 5.43 Å². The van der Waals surface area contributed by atoms with Gasteiger partial charge in [-0.1, -0.05) is 46.3 Å². The standard InChI is InChI=1S/C17H14BrN3O/c1-19-15-10-12(18)7-8-14(15)20-21-17-13-5-3-2-4-11(13)6-9-16(17)22/h2-10,21-22H,1H3/b19-15-,20-14-. The van der Waals surface area contributed by atoms with Crippen LogP contribution in [0.25, 0.3) is 10.8 Å². The molecule has 2 aromatic carbocycles. The van der Waals surface area contributed by atoms with E-state index < -0.39 is 0 Å². The average Bonchev–Trinajstić information content (AvgIpc) is 2.55. The molecular formula is C17H14BrN3O. The topological polar surface area (TPSA) is 57.0 Å². The van der Waals surface area contributed by atoms with Crippen LogP contribution in [-0.4, -0.2) is 23.6 Å². The number of hydrogen-bond donors (Lipinski definition) is 2. The van der Waals surface area contributed by atoms with Crippen molar-refractivity contribution < 1.29 is 5.11 Å². The van der Waals surface area contributed by atoms with Crippen LogP contribution in [0.2, 0.25) is 0 Å². The summed E-state index contributed by atoms with van der Waals surface area (Å²) < 4.78 is 0.944. The molecule has 1 aliphatic rings. The Morgan fingerprint density at radius 1 is 1.05 bits per heavy atom. The van der Waals surface area contributed by atoms with Crippen molar-refractivity contribution in [3.8, 4) is 5.75 Å². The zero-order valence-corrected chi connectivity index (χ0v) is 13.5. The Labute approximate surface area is 136 Å². The first kappa shape index (κ1) is 14.5. The Balaban J connectivity index is 1.99. The van der Waals surface area contributed by atoms with E-state index >= 15 is 0 Å². The van der Waals surface area contributed by atoms with Gasteiger partial charge in [0, 0.05) is 16.9 Å². The fraction of sp³-hybridized carbons (Fsp3) is 0.0588. The van der Waals surface area contributed by atoms with Gasteiger partial charge in [0.15, 0.2) is 0 Å². The predicted molar refractivity (Wildman–Crippen MR) is 96.2 cm³/mol. The third kappa shape index (κ3) is 2.80. The molecule has 0 saturated heterocycles. The maximum Gasteiger partial charge on any atom is 0.141 e. The number of nitrogens with zero attached hydrogens (tertiary/aromatic N) is 2. The number of halogens is 1. The van der Waals surface area contributed by atoms with Gasteiger partial charge in [-0.2, -0.15) is 5.10 Å². The maximum atomic E-state index is 10.1. The first-order valence-corrected chi connectivity index (χ1v) is 7.55. The molecule has 5 heteroatoms. The summed E-state index contributed by atoms with van der Waals surface area (Å²) in [6.45, 7) is 0. The summed E-state index contributed by atoms with van der Waals surface area (Å²) in [5.74, 6) is 0.162. The van der Waals surface area contributed by atoms with E-state index in [0.717, 1.165) is 21.0 Å². The van der Waals surface area contributed by atoms with Crippen molar-refractivity contribution in [1.29, 1.82) is 0 Å². The lowest BCUT2D eigenvalue weighted by atomic mass is 10.1. The van der Waals surface area contributed by atoms with E-state index in [1.807, 2.05) is 48.6 Å². The predicted octanol–water partition coefficient (Wildman–Crippen LogP) is 4.23. The first-order valence-electron chi connectivity index (χ1n) is 6.76. The molecule has 0 radical (unpaired) electrons. The zero-order valence-electron chi connectivity index (χ0n) is 11.9. The van der Waals surface area contributed by atoms with Gasteiger partial charge >= 0.3 is 0 Å². The Bertz CT molecular complexity index is 850. The summed E-state index contributed by atoms with van der Waals surface area (Å²) in [6.07, 6.45) is 5.66. The summed E-state index contributed by atoms with van der Waals surface area (Å²) in [4.78, 5) is 4.20. The van der Waals surface area contributed by atoms with Crippen LogP contribution in [-0.2, 0) is 0 Å². The van der Waals surface area contributed by atoms with Crippen molar-refractivity contribution in [2.75, 3.05) is 12.5 Å². The van der Waals surface area contributed by atoms with Gasteiger partial charge in [0.05, 0.1) is 5.71 Å². The van der Waals surface area contributed by atoms with E-state index in [1.165, 1.54) is 0 Å². The molecule has 22 heavy (non-hydrogen) atoms. The molecule has 2 aromatic rings. The SMILES string of the molecule is C/N=C1/C=C(Br)C=C/C1=N/Nc1c(O)ccc2ccccc12. The summed E-state index contributed by atoms with van der Waals surface area (Å²) in [6, 6.07) is 11.4. The van der Waals surface area contributed by atoms with Crippen molar-refractivity contribution in [3.05, 3.63) is 59.1 Å². The van der Waals surface area contributed by atoms with Crippen LogP contribution in [0.1, 0.15) is 0 Å². The molecule has 2 N–H and O–H groups in total. The van der Waals surface area contributed by atoms with Gasteiger partial charge in [0.2, 0.25) is 0 Å². The quantitative estimate of drug-likeness (QED) is 0.481. The van der Waals surface area contributed by atoms with E-state index in [2.05, 4.69) is 31.4 Å². The van der Waals surface area contributed by atoms with Crippen LogP contribution in [0.4, 0.5) is 5.69 Å². The Kier molecular flexibility index (Phi) is 4.06. The van der Waals surface area contributed by atoms with Crippen LogP contribution in [0.5, 0.6) is 5.75 Å². The van der Waals surface area contributed by atoms with Crippen molar-refractivity contribution >= 4 is 43.8 Å². The number of aliphatic imine (C=N–C) groups is 1. The van der Waals surface area contributed by atoms with Crippen molar-refractivity contribution in [3.63, 3.8) is 0 Å². The van der Waals surface area contributed by atoms with Crippen LogP contribution in [0.15, 0.2) is 69.2 Å². The smallest absolute Gasteiger partial charge is 0.141 e. The number of benzene rings is 2. The molecule has 4 nitrogen and oxygen atoms in total. The molecule has 0 aliphatic heterocycles. The number of phenols is 1. The zero-order chi connectivity index (χ0) is 15.5. The van der Waals surface area contributed by atoms with Crippen LogP contribution in [0.3, 0.4) is 0 Å². The van der Waals surface area contributed by atoms with E-state index in [9.17, 15) is 5.11 Å². The highest BCUT2D eigenvalue weighted by Crippen LogP contribution is 2.32. The highest BCUT2D eigenvalue weighted by Gasteiger charge is 2.10. The normalized spacial score (nSPS) is 18.0. The van der Waals surface area contributed by atoms with Crippen molar-refractivity contribution in [2.45, 2.75) is 0 Å². The van der Waals surface area contributed by atoms with Gasteiger partial charge in [-0.25, -0.2) is 0 Å². The number of rotatable bonds is 2. The maximum absolute atomic E-state index is 10.1. The van der Waals surface area contributed by atoms with E-state index in [1.54, 1.807) is 13.1 Å². The number of hydrogen-bond acceptors (Lipinski definition) is 4. The summed E-state index contributed by atoms with van der Waals surface area (Å²) in [5.41, 5.74) is 5.02. The summed E-state index contributed by atoms with van der Waals surface area (Å²) >= 11 is 3.42. The number of allylic oxidation sites excluding steroid dienone is 4. The molecule has 0 fully saturated rings. The number of hydrazone groups is 1. The number of fused-ring (bicyclic) bond motifs is 1. The highest BCUT2D eigenvalue weighted by molar-refractivity contribution is 9.11.